The summed E-state index contributed by atoms with van der Waals surface area (Å²) in [5.74, 6) is -0.522. The third kappa shape index (κ3) is 9.27. The fourth-order valence-electron chi connectivity index (χ4n) is 0.715. The van der Waals surface area contributed by atoms with Crippen molar-refractivity contribution in [3.63, 3.8) is 0 Å². The van der Waals surface area contributed by atoms with Gasteiger partial charge in [0, 0.05) is 5.57 Å². The maximum Gasteiger partial charge on any atom is 0.401 e. The van der Waals surface area contributed by atoms with Gasteiger partial charge in [0.05, 0.1) is 13.2 Å². The number of carbonyl (C=O) groups is 1. The largest absolute Gasteiger partial charge is 0.462 e. The first kappa shape index (κ1) is 14.0. The van der Waals surface area contributed by atoms with Gasteiger partial charge in [0.25, 0.3) is 0 Å². The lowest BCUT2D eigenvalue weighted by atomic mass is 10.3. The third-order valence-corrected chi connectivity index (χ3v) is 1.40. The predicted molar refractivity (Wildman–Crippen MR) is 49.3 cm³/mol. The normalized spacial score (nSPS) is 11.2. The Hall–Kier alpha value is -1.04. The summed E-state index contributed by atoms with van der Waals surface area (Å²) < 4.78 is 39.6. The van der Waals surface area contributed by atoms with Crippen LogP contribution in [-0.2, 0) is 9.53 Å². The van der Waals surface area contributed by atoms with Gasteiger partial charge in [-0.1, -0.05) is 6.58 Å². The molecule has 0 heterocycles. The number of rotatable bonds is 6. The van der Waals surface area contributed by atoms with Crippen molar-refractivity contribution in [2.45, 2.75) is 19.5 Å². The van der Waals surface area contributed by atoms with Crippen LogP contribution in [0.5, 0.6) is 0 Å². The minimum Gasteiger partial charge on any atom is -0.462 e. The second-order valence-electron chi connectivity index (χ2n) is 3.06. The van der Waals surface area contributed by atoms with Crippen molar-refractivity contribution in [1.29, 1.82) is 0 Å². The molecule has 0 spiro atoms. The molecule has 0 amide bonds. The zero-order chi connectivity index (χ0) is 11.9. The van der Waals surface area contributed by atoms with Crippen LogP contribution in [0.3, 0.4) is 0 Å². The van der Waals surface area contributed by atoms with Crippen LogP contribution in [0.1, 0.15) is 13.3 Å². The predicted octanol–water partition coefficient (Wildman–Crippen LogP) is 1.65. The zero-order valence-electron chi connectivity index (χ0n) is 8.49. The van der Waals surface area contributed by atoms with Crippen LogP contribution in [0.15, 0.2) is 12.2 Å². The molecule has 0 aromatic carbocycles. The van der Waals surface area contributed by atoms with E-state index in [9.17, 15) is 18.0 Å². The molecule has 0 fully saturated rings. The number of hydrogen-bond donors (Lipinski definition) is 1. The van der Waals surface area contributed by atoms with Gasteiger partial charge in [-0.3, -0.25) is 0 Å². The molecule has 3 nitrogen and oxygen atoms in total. The standard InChI is InChI=1S/C9H14F3NO2/c1-7(2)8(14)15-5-3-4-13-6-9(10,11)12/h13H,1,3-6H2,2H3. The highest BCUT2D eigenvalue weighted by Gasteiger charge is 2.25. The quantitative estimate of drug-likeness (QED) is 0.424. The summed E-state index contributed by atoms with van der Waals surface area (Å²) in [6, 6.07) is 0. The Morgan fingerprint density at radius 3 is 2.53 bits per heavy atom. The van der Waals surface area contributed by atoms with Gasteiger partial charge in [0.2, 0.25) is 0 Å². The minimum atomic E-state index is -4.20. The molecular formula is C9H14F3NO2. The molecule has 1 N–H and O–H groups in total. The van der Waals surface area contributed by atoms with Crippen molar-refractivity contribution in [1.82, 2.24) is 5.32 Å². The summed E-state index contributed by atoms with van der Waals surface area (Å²) >= 11 is 0. The van der Waals surface area contributed by atoms with E-state index in [1.165, 1.54) is 6.92 Å². The number of hydrogen-bond acceptors (Lipinski definition) is 3. The van der Waals surface area contributed by atoms with E-state index in [1.54, 1.807) is 0 Å². The van der Waals surface area contributed by atoms with E-state index in [0.717, 1.165) is 0 Å². The number of carbonyl (C=O) groups excluding carboxylic acids is 1. The minimum absolute atomic E-state index is 0.0938. The highest BCUT2D eigenvalue weighted by atomic mass is 19.4. The van der Waals surface area contributed by atoms with E-state index in [1.807, 2.05) is 0 Å². The van der Waals surface area contributed by atoms with Crippen LogP contribution in [0, 0.1) is 0 Å². The molecule has 0 bridgehead atoms. The van der Waals surface area contributed by atoms with Crippen molar-refractivity contribution in [3.8, 4) is 0 Å². The lowest BCUT2D eigenvalue weighted by Crippen LogP contribution is -2.30. The summed E-state index contributed by atoms with van der Waals surface area (Å²) in [7, 11) is 0. The Morgan fingerprint density at radius 2 is 2.07 bits per heavy atom. The molecule has 0 unspecified atom stereocenters. The highest BCUT2D eigenvalue weighted by Crippen LogP contribution is 2.11. The number of alkyl halides is 3. The van der Waals surface area contributed by atoms with Gasteiger partial charge in [-0.2, -0.15) is 13.2 Å². The Kier molecular flexibility index (Phi) is 6.00. The second-order valence-corrected chi connectivity index (χ2v) is 3.06. The number of nitrogens with one attached hydrogen (secondary N) is 1. The van der Waals surface area contributed by atoms with E-state index in [-0.39, 0.29) is 18.7 Å². The van der Waals surface area contributed by atoms with Gasteiger partial charge in [0.15, 0.2) is 0 Å². The molecule has 0 aliphatic carbocycles. The molecule has 0 atom stereocenters. The van der Waals surface area contributed by atoms with Crippen molar-refractivity contribution >= 4 is 5.97 Å². The van der Waals surface area contributed by atoms with Crippen LogP contribution in [0.2, 0.25) is 0 Å². The molecule has 88 valence electrons. The van der Waals surface area contributed by atoms with Gasteiger partial charge >= 0.3 is 12.1 Å². The first-order valence-electron chi connectivity index (χ1n) is 4.43. The summed E-state index contributed by atoms with van der Waals surface area (Å²) in [6.07, 6.45) is -3.86. The SMILES string of the molecule is C=C(C)C(=O)OCCCNCC(F)(F)F. The lowest BCUT2D eigenvalue weighted by molar-refractivity contribution is -0.139. The van der Waals surface area contributed by atoms with Gasteiger partial charge in [-0.25, -0.2) is 4.79 Å². The van der Waals surface area contributed by atoms with Crippen LogP contribution in [-0.4, -0.2) is 31.8 Å². The van der Waals surface area contributed by atoms with E-state index in [0.29, 0.717) is 6.42 Å². The Labute approximate surface area is 86.3 Å². The molecular weight excluding hydrogens is 211 g/mol. The molecule has 0 aromatic rings. The Bertz CT molecular complexity index is 226. The molecule has 6 heteroatoms. The fourth-order valence-corrected chi connectivity index (χ4v) is 0.715. The average Bonchev–Trinajstić information content (AvgIpc) is 2.08. The van der Waals surface area contributed by atoms with E-state index < -0.39 is 18.7 Å². The van der Waals surface area contributed by atoms with Crippen LogP contribution < -0.4 is 5.32 Å². The molecule has 0 aliphatic heterocycles. The third-order valence-electron chi connectivity index (χ3n) is 1.40. The van der Waals surface area contributed by atoms with Crippen molar-refractivity contribution < 1.29 is 22.7 Å². The van der Waals surface area contributed by atoms with Crippen LogP contribution in [0.4, 0.5) is 13.2 Å². The summed E-state index contributed by atoms with van der Waals surface area (Å²) in [4.78, 5) is 10.8. The second kappa shape index (κ2) is 6.44. The van der Waals surface area contributed by atoms with Crippen molar-refractivity contribution in [3.05, 3.63) is 12.2 Å². The first-order valence-corrected chi connectivity index (χ1v) is 4.43. The Morgan fingerprint density at radius 1 is 1.47 bits per heavy atom. The molecule has 0 aliphatic rings. The summed E-state index contributed by atoms with van der Waals surface area (Å²) in [5.41, 5.74) is 0.276. The van der Waals surface area contributed by atoms with Crippen molar-refractivity contribution in [2.75, 3.05) is 19.7 Å². The van der Waals surface area contributed by atoms with Crippen LogP contribution >= 0.6 is 0 Å². The maximum absolute atomic E-state index is 11.6. The van der Waals surface area contributed by atoms with Crippen molar-refractivity contribution in [2.24, 2.45) is 0 Å². The fraction of sp³-hybridized carbons (Fsp3) is 0.667. The zero-order valence-corrected chi connectivity index (χ0v) is 8.49. The molecule has 0 saturated heterocycles. The van der Waals surface area contributed by atoms with E-state index >= 15 is 0 Å². The number of halogens is 3. The number of ether oxygens (including phenoxy) is 1. The average molecular weight is 225 g/mol. The lowest BCUT2D eigenvalue weighted by Gasteiger charge is -2.08. The highest BCUT2D eigenvalue weighted by molar-refractivity contribution is 5.86. The van der Waals surface area contributed by atoms with Gasteiger partial charge in [0.1, 0.15) is 0 Å². The molecule has 0 aromatic heterocycles. The first-order chi connectivity index (χ1) is 6.83. The van der Waals surface area contributed by atoms with E-state index in [4.69, 9.17) is 0 Å². The summed E-state index contributed by atoms with van der Waals surface area (Å²) in [5, 5.41) is 2.19. The molecule has 0 rings (SSSR count). The Balaban J connectivity index is 3.33. The van der Waals surface area contributed by atoms with Crippen LogP contribution in [0.25, 0.3) is 0 Å². The van der Waals surface area contributed by atoms with Gasteiger partial charge in [-0.05, 0) is 19.9 Å². The van der Waals surface area contributed by atoms with Gasteiger partial charge < -0.3 is 10.1 Å². The monoisotopic (exact) mass is 225 g/mol. The topological polar surface area (TPSA) is 38.3 Å². The molecule has 0 saturated carbocycles. The number of esters is 1. The molecule has 15 heavy (non-hydrogen) atoms. The maximum atomic E-state index is 11.6. The summed E-state index contributed by atoms with van der Waals surface area (Å²) in [6.45, 7) is 4.09. The van der Waals surface area contributed by atoms with E-state index in [2.05, 4.69) is 16.6 Å². The smallest absolute Gasteiger partial charge is 0.401 e. The van der Waals surface area contributed by atoms with Gasteiger partial charge in [-0.15, -0.1) is 0 Å². The molecule has 0 radical (unpaired) electrons.